The minimum atomic E-state index is -0.0243. The lowest BCUT2D eigenvalue weighted by Crippen LogP contribution is -2.14. The third-order valence-electron chi connectivity index (χ3n) is 14.0. The highest BCUT2D eigenvalue weighted by Gasteiger charge is 2.24. The Morgan fingerprint density at radius 1 is 0.437 bits per heavy atom. The molecule has 0 atom stereocenters. The number of benzene rings is 10. The van der Waals surface area contributed by atoms with Gasteiger partial charge in [-0.2, -0.15) is 0 Å². The van der Waals surface area contributed by atoms with Crippen molar-refractivity contribution in [2.75, 3.05) is 9.80 Å². The van der Waals surface area contributed by atoms with Gasteiger partial charge in [0.25, 0.3) is 0 Å². The highest BCUT2D eigenvalue weighted by atomic mass is 32.1. The van der Waals surface area contributed by atoms with Crippen molar-refractivity contribution < 1.29 is 8.83 Å². The first-order valence-electron chi connectivity index (χ1n) is 24.2. The Balaban J connectivity index is 0.944. The number of hydrogen-bond donors (Lipinski definition) is 0. The maximum atomic E-state index is 6.94. The summed E-state index contributed by atoms with van der Waals surface area (Å²) in [6, 6.07) is 78.5. The second kappa shape index (κ2) is 16.8. The second-order valence-corrected chi connectivity index (χ2v) is 20.4. The lowest BCUT2D eigenvalue weighted by molar-refractivity contribution is 0.590. The number of furan rings is 2. The van der Waals surface area contributed by atoms with Gasteiger partial charge >= 0.3 is 0 Å². The molecular weight excluding hydrogens is 885 g/mol. The number of fused-ring (bicyclic) bond motifs is 9. The van der Waals surface area contributed by atoms with E-state index in [9.17, 15) is 0 Å². The smallest absolute Gasteiger partial charge is 0.159 e. The molecule has 4 nitrogen and oxygen atoms in total. The SMILES string of the molecule is C=Cc1cccc(N(c2cccc(C(C)(C)C)c2)c2cccc3c2oc2ccc(-c4ccc(N(c5ccccc5)c5ccc(-c6ccc7oc8ccccc8c7c6)cc5)c5sc6ccccc6c45)cc23)c1. The van der Waals surface area contributed by atoms with E-state index in [4.69, 9.17) is 8.83 Å². The van der Waals surface area contributed by atoms with Crippen molar-refractivity contribution in [3.63, 3.8) is 0 Å². The topological polar surface area (TPSA) is 32.8 Å². The van der Waals surface area contributed by atoms with Crippen LogP contribution in [-0.4, -0.2) is 0 Å². The molecule has 0 aliphatic carbocycles. The third-order valence-corrected chi connectivity index (χ3v) is 15.2. The molecule has 3 aromatic heterocycles. The quantitative estimate of drug-likeness (QED) is 0.144. The van der Waals surface area contributed by atoms with E-state index in [1.807, 2.05) is 29.5 Å². The highest BCUT2D eigenvalue weighted by molar-refractivity contribution is 7.26. The average molecular weight is 933 g/mol. The van der Waals surface area contributed by atoms with Crippen LogP contribution in [0.5, 0.6) is 0 Å². The Morgan fingerprint density at radius 3 is 1.86 bits per heavy atom. The molecule has 0 amide bonds. The van der Waals surface area contributed by atoms with E-state index < -0.39 is 0 Å². The molecule has 340 valence electrons. The van der Waals surface area contributed by atoms with Crippen LogP contribution in [0.3, 0.4) is 0 Å². The summed E-state index contributed by atoms with van der Waals surface area (Å²) in [7, 11) is 0. The Bertz CT molecular complexity index is 4190. The predicted octanol–water partition coefficient (Wildman–Crippen LogP) is 20.1. The highest BCUT2D eigenvalue weighted by Crippen LogP contribution is 2.50. The van der Waals surface area contributed by atoms with Crippen LogP contribution >= 0.6 is 11.3 Å². The molecule has 5 heteroatoms. The Kier molecular flexibility index (Phi) is 10.0. The van der Waals surface area contributed by atoms with Crippen molar-refractivity contribution in [3.8, 4) is 22.3 Å². The van der Waals surface area contributed by atoms with Gasteiger partial charge in [0.2, 0.25) is 0 Å². The molecule has 0 spiro atoms. The van der Waals surface area contributed by atoms with Crippen LogP contribution in [-0.2, 0) is 5.41 Å². The van der Waals surface area contributed by atoms with Crippen LogP contribution in [0.4, 0.5) is 34.1 Å². The third kappa shape index (κ3) is 7.28. The average Bonchev–Trinajstić information content (AvgIpc) is 4.11. The molecule has 13 aromatic rings. The van der Waals surface area contributed by atoms with Gasteiger partial charge < -0.3 is 18.6 Å². The molecule has 0 bridgehead atoms. The van der Waals surface area contributed by atoms with Crippen molar-refractivity contribution in [1.29, 1.82) is 0 Å². The molecule has 0 fully saturated rings. The van der Waals surface area contributed by atoms with Gasteiger partial charge in [0.1, 0.15) is 16.7 Å². The fourth-order valence-corrected chi connectivity index (χ4v) is 11.6. The molecule has 0 unspecified atom stereocenters. The number of para-hydroxylation sites is 3. The Labute approximate surface area is 416 Å². The van der Waals surface area contributed by atoms with Crippen molar-refractivity contribution in [3.05, 3.63) is 236 Å². The molecule has 0 radical (unpaired) electrons. The van der Waals surface area contributed by atoms with Gasteiger partial charge in [-0.05, 0) is 136 Å². The standard InChI is InChI=1S/C66H48N2O2S/c1-5-42-16-13-20-49(38-42)68(50-21-14-17-46(41-50)66(2,3)4)57-25-15-24-53-56-40-45(31-37-61(56)70-64(53)57)51-34-35-58(65-63(51)54-23-10-12-27-62(54)71-65)67(47-18-7-6-8-19-47)48-32-28-43(29-33-48)44-30-36-60-55(39-44)52-22-9-11-26-59(52)69-60/h5-41H,1H2,2-4H3. The summed E-state index contributed by atoms with van der Waals surface area (Å²) in [6.07, 6.45) is 1.90. The van der Waals surface area contributed by atoms with Gasteiger partial charge in [-0.15, -0.1) is 11.3 Å². The van der Waals surface area contributed by atoms with Gasteiger partial charge in [0, 0.05) is 59.8 Å². The summed E-state index contributed by atoms with van der Waals surface area (Å²) in [6.45, 7) is 10.9. The van der Waals surface area contributed by atoms with E-state index in [2.05, 4.69) is 243 Å². The van der Waals surface area contributed by atoms with Crippen molar-refractivity contribution in [1.82, 2.24) is 0 Å². The molecule has 71 heavy (non-hydrogen) atoms. The van der Waals surface area contributed by atoms with Crippen molar-refractivity contribution in [2.45, 2.75) is 26.2 Å². The lowest BCUT2D eigenvalue weighted by Gasteiger charge is -2.28. The largest absolute Gasteiger partial charge is 0.456 e. The maximum Gasteiger partial charge on any atom is 0.159 e. The minimum absolute atomic E-state index is 0.0243. The Morgan fingerprint density at radius 2 is 1.04 bits per heavy atom. The summed E-state index contributed by atoms with van der Waals surface area (Å²) >= 11 is 1.85. The molecule has 3 heterocycles. The van der Waals surface area contributed by atoms with E-state index in [-0.39, 0.29) is 5.41 Å². The molecule has 0 aliphatic rings. The molecular formula is C66H48N2O2S. The summed E-state index contributed by atoms with van der Waals surface area (Å²) in [5, 5.41) is 6.87. The molecule has 0 aliphatic heterocycles. The molecule has 0 N–H and O–H groups in total. The number of hydrogen-bond acceptors (Lipinski definition) is 5. The van der Waals surface area contributed by atoms with Gasteiger partial charge in [-0.25, -0.2) is 0 Å². The zero-order valence-electron chi connectivity index (χ0n) is 39.7. The molecule has 10 aromatic carbocycles. The minimum Gasteiger partial charge on any atom is -0.456 e. The monoisotopic (exact) mass is 932 g/mol. The van der Waals surface area contributed by atoms with Gasteiger partial charge in [-0.3, -0.25) is 0 Å². The first kappa shape index (κ1) is 42.5. The van der Waals surface area contributed by atoms with Gasteiger partial charge in [-0.1, -0.05) is 155 Å². The van der Waals surface area contributed by atoms with Crippen LogP contribution < -0.4 is 9.80 Å². The maximum absolute atomic E-state index is 6.94. The zero-order chi connectivity index (χ0) is 47.8. The summed E-state index contributed by atoms with van der Waals surface area (Å²) in [4.78, 5) is 4.72. The van der Waals surface area contributed by atoms with Crippen LogP contribution in [0.1, 0.15) is 31.9 Å². The van der Waals surface area contributed by atoms with Crippen LogP contribution in [0, 0.1) is 0 Å². The van der Waals surface area contributed by atoms with Gasteiger partial charge in [0.05, 0.1) is 16.1 Å². The van der Waals surface area contributed by atoms with Crippen molar-refractivity contribution in [2.24, 2.45) is 0 Å². The zero-order valence-corrected chi connectivity index (χ0v) is 40.5. The fraction of sp³-hybridized carbons (Fsp3) is 0.0606. The van der Waals surface area contributed by atoms with Gasteiger partial charge in [0.15, 0.2) is 5.58 Å². The Hall–Kier alpha value is -8.64. The van der Waals surface area contributed by atoms with E-state index >= 15 is 0 Å². The predicted molar refractivity (Wildman–Crippen MR) is 303 cm³/mol. The first-order chi connectivity index (χ1) is 34.8. The van der Waals surface area contributed by atoms with E-state index in [1.165, 1.54) is 31.3 Å². The van der Waals surface area contributed by atoms with E-state index in [1.54, 1.807) is 0 Å². The molecule has 0 saturated heterocycles. The number of rotatable bonds is 9. The van der Waals surface area contributed by atoms with Crippen LogP contribution in [0.2, 0.25) is 0 Å². The first-order valence-corrected chi connectivity index (χ1v) is 25.0. The molecule has 13 rings (SSSR count). The van der Waals surface area contributed by atoms with E-state index in [0.29, 0.717) is 0 Å². The van der Waals surface area contributed by atoms with Crippen molar-refractivity contribution >= 4 is 116 Å². The fourth-order valence-electron chi connectivity index (χ4n) is 10.4. The number of nitrogens with zero attached hydrogens (tertiary/aromatic N) is 2. The number of thiophene rings is 1. The molecule has 0 saturated carbocycles. The van der Waals surface area contributed by atoms with E-state index in [0.717, 1.165) is 100 Å². The lowest BCUT2D eigenvalue weighted by atomic mass is 9.87. The summed E-state index contributed by atoms with van der Waals surface area (Å²) in [5.74, 6) is 0. The normalized spacial score (nSPS) is 11.9. The second-order valence-electron chi connectivity index (χ2n) is 19.4. The van der Waals surface area contributed by atoms with Crippen LogP contribution in [0.15, 0.2) is 234 Å². The summed E-state index contributed by atoms with van der Waals surface area (Å²) < 4.78 is 15.6. The number of anilines is 6. The van der Waals surface area contributed by atoms with Crippen LogP contribution in [0.25, 0.3) is 92.4 Å². The summed E-state index contributed by atoms with van der Waals surface area (Å²) in [5.41, 5.74) is 16.8.